The van der Waals surface area contributed by atoms with Gasteiger partial charge in [0, 0.05) is 11.4 Å². The fraction of sp³-hybridized carbons (Fsp3) is 0.625. The van der Waals surface area contributed by atoms with Crippen LogP contribution in [0, 0.1) is 5.92 Å². The van der Waals surface area contributed by atoms with E-state index in [0.29, 0.717) is 17.3 Å². The predicted molar refractivity (Wildman–Crippen MR) is 91.3 cm³/mol. The Kier molecular flexibility index (Phi) is 6.26. The summed E-state index contributed by atoms with van der Waals surface area (Å²) in [6, 6.07) is 9.81. The second-order valence-electron chi connectivity index (χ2n) is 6.06. The normalized spacial score (nSPS) is 24.7. The predicted octanol–water partition coefficient (Wildman–Crippen LogP) is 3.66. The highest BCUT2D eigenvalue weighted by Gasteiger charge is 2.22. The molecule has 0 amide bonds. The van der Waals surface area contributed by atoms with E-state index < -0.39 is 10.0 Å². The molecule has 1 saturated carbocycles. The van der Waals surface area contributed by atoms with Crippen LogP contribution in [0.15, 0.2) is 30.3 Å². The van der Waals surface area contributed by atoms with Crippen LogP contribution in [0.4, 0.5) is 0 Å². The lowest BCUT2D eigenvalue weighted by atomic mass is 9.89. The molecule has 0 aliphatic heterocycles. The fourth-order valence-electron chi connectivity index (χ4n) is 2.84. The van der Waals surface area contributed by atoms with Gasteiger partial charge < -0.3 is 0 Å². The van der Waals surface area contributed by atoms with Gasteiger partial charge in [0.25, 0.3) is 0 Å². The second-order valence-corrected chi connectivity index (χ2v) is 9.21. The molecule has 1 aliphatic carbocycles. The van der Waals surface area contributed by atoms with Crippen LogP contribution in [0.1, 0.15) is 44.1 Å². The lowest BCUT2D eigenvalue weighted by Crippen LogP contribution is -2.34. The molecule has 0 aromatic heterocycles. The Morgan fingerprint density at radius 1 is 1.19 bits per heavy atom. The monoisotopic (exact) mass is 373 g/mol. The molecule has 5 heteroatoms. The minimum Gasteiger partial charge on any atom is -0.215 e. The minimum absolute atomic E-state index is 0.0157. The summed E-state index contributed by atoms with van der Waals surface area (Å²) in [5, 5.41) is 0. The number of nitrogens with one attached hydrogen (secondary N) is 1. The average Bonchev–Trinajstić information content (AvgIpc) is 2.47. The summed E-state index contributed by atoms with van der Waals surface area (Å²) in [6.45, 7) is 2.55. The first-order valence-corrected chi connectivity index (χ1v) is 10.2. The maximum atomic E-state index is 12.2. The summed E-state index contributed by atoms with van der Waals surface area (Å²) >= 11 is 3.63. The Morgan fingerprint density at radius 2 is 1.81 bits per heavy atom. The molecule has 1 aliphatic rings. The van der Waals surface area contributed by atoms with Crippen molar-refractivity contribution in [3.63, 3.8) is 0 Å². The van der Waals surface area contributed by atoms with E-state index in [4.69, 9.17) is 0 Å². The van der Waals surface area contributed by atoms with Crippen molar-refractivity contribution in [1.29, 1.82) is 0 Å². The quantitative estimate of drug-likeness (QED) is 0.773. The van der Waals surface area contributed by atoms with Crippen molar-refractivity contribution in [3.05, 3.63) is 35.9 Å². The molecule has 0 bridgehead atoms. The molecule has 0 saturated heterocycles. The zero-order valence-electron chi connectivity index (χ0n) is 12.5. The van der Waals surface area contributed by atoms with Gasteiger partial charge >= 0.3 is 0 Å². The molecule has 1 aromatic rings. The number of hydrogen-bond donors (Lipinski definition) is 1. The highest BCUT2D eigenvalue weighted by Crippen LogP contribution is 2.28. The summed E-state index contributed by atoms with van der Waals surface area (Å²) in [6.07, 6.45) is 4.50. The number of sulfonamides is 1. The lowest BCUT2D eigenvalue weighted by Gasteiger charge is -2.25. The van der Waals surface area contributed by atoms with Crippen molar-refractivity contribution in [3.8, 4) is 0 Å². The fourth-order valence-corrected chi connectivity index (χ4v) is 4.82. The second kappa shape index (κ2) is 7.75. The largest absolute Gasteiger partial charge is 0.215 e. The first-order chi connectivity index (χ1) is 9.96. The Balaban J connectivity index is 1.82. The van der Waals surface area contributed by atoms with Crippen molar-refractivity contribution in [2.45, 2.75) is 43.4 Å². The van der Waals surface area contributed by atoms with Crippen LogP contribution >= 0.6 is 15.9 Å². The van der Waals surface area contributed by atoms with Gasteiger partial charge in [-0.3, -0.25) is 0 Å². The molecule has 0 radical (unpaired) electrons. The molecule has 118 valence electrons. The number of rotatable bonds is 6. The van der Waals surface area contributed by atoms with E-state index in [9.17, 15) is 8.42 Å². The number of hydrogen-bond acceptors (Lipinski definition) is 2. The molecule has 21 heavy (non-hydrogen) atoms. The van der Waals surface area contributed by atoms with Crippen molar-refractivity contribution >= 4 is 26.0 Å². The number of alkyl halides is 1. The third-order valence-electron chi connectivity index (χ3n) is 4.21. The zero-order valence-corrected chi connectivity index (χ0v) is 14.9. The van der Waals surface area contributed by atoms with Crippen molar-refractivity contribution in [2.24, 2.45) is 5.92 Å². The van der Waals surface area contributed by atoms with Crippen molar-refractivity contribution in [2.75, 3.05) is 12.3 Å². The van der Waals surface area contributed by atoms with Crippen LogP contribution in [0.5, 0.6) is 0 Å². The molecule has 2 rings (SSSR count). The van der Waals surface area contributed by atoms with Crippen LogP contribution in [0.25, 0.3) is 0 Å². The van der Waals surface area contributed by atoms with E-state index >= 15 is 0 Å². The van der Waals surface area contributed by atoms with Gasteiger partial charge in [0.15, 0.2) is 0 Å². The maximum absolute atomic E-state index is 12.2. The Labute approximate surface area is 136 Å². The Hall–Kier alpha value is -0.390. The molecule has 0 spiro atoms. The third-order valence-corrected chi connectivity index (χ3v) is 6.67. The van der Waals surface area contributed by atoms with Crippen molar-refractivity contribution in [1.82, 2.24) is 4.72 Å². The van der Waals surface area contributed by atoms with Crippen LogP contribution in [0.2, 0.25) is 0 Å². The van der Waals surface area contributed by atoms with E-state index in [1.165, 1.54) is 0 Å². The Morgan fingerprint density at radius 3 is 2.43 bits per heavy atom. The SMILES string of the molecule is CC(CS(=O)(=O)NCC1CCC(Br)CC1)c1ccccc1. The molecule has 1 aromatic carbocycles. The van der Waals surface area contributed by atoms with Gasteiger partial charge in [-0.05, 0) is 43.1 Å². The molecule has 1 unspecified atom stereocenters. The van der Waals surface area contributed by atoms with Gasteiger partial charge in [-0.2, -0.15) is 0 Å². The number of benzene rings is 1. The summed E-state index contributed by atoms with van der Waals surface area (Å²) in [5.74, 6) is 0.660. The standard InChI is InChI=1S/C16H24BrNO2S/c1-13(15-5-3-2-4-6-15)12-21(19,20)18-11-14-7-9-16(17)10-8-14/h2-6,13-14,16,18H,7-12H2,1H3. The van der Waals surface area contributed by atoms with Crippen molar-refractivity contribution < 1.29 is 8.42 Å². The van der Waals surface area contributed by atoms with E-state index in [1.54, 1.807) is 0 Å². The van der Waals surface area contributed by atoms with Gasteiger partial charge in [-0.25, -0.2) is 13.1 Å². The molecule has 1 N–H and O–H groups in total. The summed E-state index contributed by atoms with van der Waals surface area (Å²) in [5.41, 5.74) is 1.07. The van der Waals surface area contributed by atoms with Crippen LogP contribution in [-0.4, -0.2) is 25.5 Å². The highest BCUT2D eigenvalue weighted by molar-refractivity contribution is 9.09. The Bertz CT molecular complexity index is 524. The molecular formula is C16H24BrNO2S. The summed E-state index contributed by atoms with van der Waals surface area (Å²) in [4.78, 5) is 0.614. The van der Waals surface area contributed by atoms with Crippen LogP contribution < -0.4 is 4.72 Å². The lowest BCUT2D eigenvalue weighted by molar-refractivity contribution is 0.366. The molecule has 1 atom stereocenters. The first-order valence-electron chi connectivity index (χ1n) is 7.62. The molecule has 1 fully saturated rings. The third kappa shape index (κ3) is 5.72. The smallest absolute Gasteiger partial charge is 0.212 e. The van der Waals surface area contributed by atoms with E-state index in [1.807, 2.05) is 37.3 Å². The molecule has 0 heterocycles. The van der Waals surface area contributed by atoms with E-state index in [0.717, 1.165) is 31.2 Å². The average molecular weight is 374 g/mol. The zero-order chi connectivity index (χ0) is 15.3. The highest BCUT2D eigenvalue weighted by atomic mass is 79.9. The van der Waals surface area contributed by atoms with Gasteiger partial charge in [0.1, 0.15) is 0 Å². The van der Waals surface area contributed by atoms with Gasteiger partial charge in [-0.1, -0.05) is 53.2 Å². The number of halogens is 1. The van der Waals surface area contributed by atoms with E-state index in [2.05, 4.69) is 20.7 Å². The first kappa shape index (κ1) is 17.0. The van der Waals surface area contributed by atoms with Gasteiger partial charge in [-0.15, -0.1) is 0 Å². The topological polar surface area (TPSA) is 46.2 Å². The van der Waals surface area contributed by atoms with E-state index in [-0.39, 0.29) is 11.7 Å². The summed E-state index contributed by atoms with van der Waals surface area (Å²) in [7, 11) is -3.20. The maximum Gasteiger partial charge on any atom is 0.212 e. The van der Waals surface area contributed by atoms with Gasteiger partial charge in [0.2, 0.25) is 10.0 Å². The van der Waals surface area contributed by atoms with Crippen LogP contribution in [0.3, 0.4) is 0 Å². The molecule has 3 nitrogen and oxygen atoms in total. The summed E-state index contributed by atoms with van der Waals surface area (Å²) < 4.78 is 27.2. The minimum atomic E-state index is -3.20. The van der Waals surface area contributed by atoms with Crippen LogP contribution in [-0.2, 0) is 10.0 Å². The molecular weight excluding hydrogens is 350 g/mol. The van der Waals surface area contributed by atoms with Gasteiger partial charge in [0.05, 0.1) is 5.75 Å².